The molecule has 3 rings (SSSR count). The first kappa shape index (κ1) is 12.8. The van der Waals surface area contributed by atoms with Crippen molar-refractivity contribution >= 4 is 11.3 Å². The molecule has 2 aromatic heterocycles. The number of hydrogen-bond donors (Lipinski definition) is 1. The molecule has 1 N–H and O–H groups in total. The van der Waals surface area contributed by atoms with Gasteiger partial charge in [-0.05, 0) is 29.3 Å². The average molecular weight is 278 g/mol. The standard InChI is InChI=1S/C14H18N2O2S/c1-10-4-13(18-15-10)5-12-7-16(8-14(12)17)6-11-2-3-19-9-11/h2-4,9,12,14,17H,5-8H2,1H3/t12-,14-/m1/s1. The van der Waals surface area contributed by atoms with Crippen molar-refractivity contribution < 1.29 is 9.63 Å². The highest BCUT2D eigenvalue weighted by atomic mass is 32.1. The van der Waals surface area contributed by atoms with Gasteiger partial charge in [-0.1, -0.05) is 5.16 Å². The van der Waals surface area contributed by atoms with Crippen LogP contribution >= 0.6 is 11.3 Å². The predicted molar refractivity (Wildman–Crippen MR) is 74.0 cm³/mol. The van der Waals surface area contributed by atoms with Gasteiger partial charge in [0.05, 0.1) is 11.8 Å². The highest BCUT2D eigenvalue weighted by Gasteiger charge is 2.32. The summed E-state index contributed by atoms with van der Waals surface area (Å²) in [6.45, 7) is 4.50. The summed E-state index contributed by atoms with van der Waals surface area (Å²) in [5, 5.41) is 18.3. The molecule has 0 amide bonds. The smallest absolute Gasteiger partial charge is 0.137 e. The zero-order valence-electron chi connectivity index (χ0n) is 11.0. The second-order valence-electron chi connectivity index (χ2n) is 5.29. The predicted octanol–water partition coefficient (Wildman–Crippen LogP) is 2.08. The molecule has 1 aliphatic heterocycles. The number of aliphatic hydroxyl groups excluding tert-OH is 1. The SMILES string of the molecule is Cc1cc(C[C@@H]2CN(Cc3ccsc3)C[C@H]2O)on1. The maximum atomic E-state index is 10.2. The van der Waals surface area contributed by atoms with E-state index in [1.807, 2.05) is 13.0 Å². The van der Waals surface area contributed by atoms with Gasteiger partial charge in [-0.2, -0.15) is 11.3 Å². The normalized spacial score (nSPS) is 24.1. The van der Waals surface area contributed by atoms with E-state index in [0.717, 1.165) is 37.5 Å². The third kappa shape index (κ3) is 3.05. The van der Waals surface area contributed by atoms with Gasteiger partial charge in [-0.15, -0.1) is 0 Å². The van der Waals surface area contributed by atoms with Gasteiger partial charge in [-0.3, -0.25) is 4.90 Å². The Balaban J connectivity index is 1.59. The number of likely N-dealkylation sites (tertiary alicyclic amines) is 1. The Kier molecular flexibility index (Phi) is 3.68. The Labute approximate surface area is 116 Å². The van der Waals surface area contributed by atoms with Crippen molar-refractivity contribution in [1.29, 1.82) is 0 Å². The lowest BCUT2D eigenvalue weighted by atomic mass is 10.0. The van der Waals surface area contributed by atoms with Gasteiger partial charge in [0.15, 0.2) is 0 Å². The molecule has 0 radical (unpaired) electrons. The Morgan fingerprint density at radius 1 is 1.53 bits per heavy atom. The van der Waals surface area contributed by atoms with Crippen molar-refractivity contribution in [3.63, 3.8) is 0 Å². The largest absolute Gasteiger partial charge is 0.391 e. The number of β-amino-alcohol motifs (C(OH)–C–C–N with tert-alkyl or cyclic N) is 1. The van der Waals surface area contributed by atoms with E-state index in [1.54, 1.807) is 11.3 Å². The van der Waals surface area contributed by atoms with Crippen molar-refractivity contribution in [2.45, 2.75) is 26.0 Å². The fraction of sp³-hybridized carbons (Fsp3) is 0.500. The average Bonchev–Trinajstić information content (AvgIpc) is 3.06. The molecule has 1 saturated heterocycles. The first-order valence-electron chi connectivity index (χ1n) is 6.54. The lowest BCUT2D eigenvalue weighted by molar-refractivity contribution is 0.137. The minimum atomic E-state index is -0.274. The van der Waals surface area contributed by atoms with Crippen molar-refractivity contribution in [3.8, 4) is 0 Å². The molecule has 0 aromatic carbocycles. The summed E-state index contributed by atoms with van der Waals surface area (Å²) in [5.74, 6) is 1.12. The molecule has 1 aliphatic rings. The molecule has 0 unspecified atom stereocenters. The first-order valence-corrected chi connectivity index (χ1v) is 7.48. The number of hydrogen-bond acceptors (Lipinski definition) is 5. The van der Waals surface area contributed by atoms with E-state index in [-0.39, 0.29) is 12.0 Å². The minimum absolute atomic E-state index is 0.242. The molecule has 0 aliphatic carbocycles. The minimum Gasteiger partial charge on any atom is -0.391 e. The molecule has 0 spiro atoms. The molecular formula is C14H18N2O2S. The van der Waals surface area contributed by atoms with Crippen LogP contribution in [0.1, 0.15) is 17.0 Å². The summed E-state index contributed by atoms with van der Waals surface area (Å²) in [6.07, 6.45) is 0.492. The lowest BCUT2D eigenvalue weighted by Gasteiger charge is -2.13. The van der Waals surface area contributed by atoms with Crippen LogP contribution in [0.5, 0.6) is 0 Å². The number of aliphatic hydroxyl groups is 1. The molecule has 4 nitrogen and oxygen atoms in total. The highest BCUT2D eigenvalue weighted by molar-refractivity contribution is 7.07. The van der Waals surface area contributed by atoms with Crippen molar-refractivity contribution in [3.05, 3.63) is 39.9 Å². The molecule has 0 saturated carbocycles. The van der Waals surface area contributed by atoms with E-state index in [2.05, 4.69) is 26.9 Å². The molecule has 102 valence electrons. The van der Waals surface area contributed by atoms with Crippen LogP contribution in [-0.4, -0.2) is 34.4 Å². The summed E-state index contributed by atoms with van der Waals surface area (Å²) in [4.78, 5) is 2.31. The first-order chi connectivity index (χ1) is 9.20. The fourth-order valence-corrected chi connectivity index (χ4v) is 3.34. The molecule has 0 bridgehead atoms. The van der Waals surface area contributed by atoms with E-state index in [1.165, 1.54) is 5.56 Å². The fourth-order valence-electron chi connectivity index (χ4n) is 2.68. The van der Waals surface area contributed by atoms with Crippen LogP contribution in [0.15, 0.2) is 27.4 Å². The van der Waals surface area contributed by atoms with Crippen LogP contribution in [0, 0.1) is 12.8 Å². The molecular weight excluding hydrogens is 260 g/mol. The van der Waals surface area contributed by atoms with Crippen LogP contribution in [0.25, 0.3) is 0 Å². The summed E-state index contributed by atoms with van der Waals surface area (Å²) >= 11 is 1.72. The highest BCUT2D eigenvalue weighted by Crippen LogP contribution is 2.23. The monoisotopic (exact) mass is 278 g/mol. The maximum absolute atomic E-state index is 10.2. The van der Waals surface area contributed by atoms with Gasteiger partial charge >= 0.3 is 0 Å². The van der Waals surface area contributed by atoms with E-state index in [0.29, 0.717) is 0 Å². The van der Waals surface area contributed by atoms with E-state index in [4.69, 9.17) is 4.52 Å². The summed E-state index contributed by atoms with van der Waals surface area (Å²) in [6, 6.07) is 4.10. The van der Waals surface area contributed by atoms with Gasteiger partial charge in [0.2, 0.25) is 0 Å². The quantitative estimate of drug-likeness (QED) is 0.930. The van der Waals surface area contributed by atoms with Crippen LogP contribution in [0.2, 0.25) is 0 Å². The lowest BCUT2D eigenvalue weighted by Crippen LogP contribution is -2.21. The Morgan fingerprint density at radius 3 is 3.11 bits per heavy atom. The Morgan fingerprint density at radius 2 is 2.42 bits per heavy atom. The van der Waals surface area contributed by atoms with Crippen LogP contribution in [-0.2, 0) is 13.0 Å². The number of thiophene rings is 1. The van der Waals surface area contributed by atoms with Crippen molar-refractivity contribution in [2.75, 3.05) is 13.1 Å². The second-order valence-corrected chi connectivity index (χ2v) is 6.07. The summed E-state index contributed by atoms with van der Waals surface area (Å²) < 4.78 is 5.24. The number of rotatable bonds is 4. The second kappa shape index (κ2) is 5.45. The molecule has 5 heteroatoms. The maximum Gasteiger partial charge on any atom is 0.137 e. The van der Waals surface area contributed by atoms with Crippen molar-refractivity contribution in [1.82, 2.24) is 10.1 Å². The molecule has 2 aromatic rings. The van der Waals surface area contributed by atoms with Crippen LogP contribution < -0.4 is 0 Å². The van der Waals surface area contributed by atoms with E-state index < -0.39 is 0 Å². The molecule has 2 atom stereocenters. The molecule has 3 heterocycles. The summed E-state index contributed by atoms with van der Waals surface area (Å²) in [7, 11) is 0. The Hall–Kier alpha value is -1.17. The zero-order valence-corrected chi connectivity index (χ0v) is 11.8. The van der Waals surface area contributed by atoms with Gasteiger partial charge in [0.25, 0.3) is 0 Å². The van der Waals surface area contributed by atoms with Gasteiger partial charge in [0, 0.05) is 38.0 Å². The topological polar surface area (TPSA) is 49.5 Å². The zero-order chi connectivity index (χ0) is 13.2. The van der Waals surface area contributed by atoms with Gasteiger partial charge in [0.1, 0.15) is 5.76 Å². The third-order valence-electron chi connectivity index (χ3n) is 3.61. The molecule has 1 fully saturated rings. The third-order valence-corrected chi connectivity index (χ3v) is 4.34. The van der Waals surface area contributed by atoms with Crippen LogP contribution in [0.3, 0.4) is 0 Å². The number of nitrogens with zero attached hydrogens (tertiary/aromatic N) is 2. The van der Waals surface area contributed by atoms with Crippen molar-refractivity contribution in [2.24, 2.45) is 5.92 Å². The van der Waals surface area contributed by atoms with Gasteiger partial charge < -0.3 is 9.63 Å². The molecule has 19 heavy (non-hydrogen) atoms. The number of aryl methyl sites for hydroxylation is 1. The van der Waals surface area contributed by atoms with E-state index in [9.17, 15) is 5.11 Å². The van der Waals surface area contributed by atoms with Crippen LogP contribution in [0.4, 0.5) is 0 Å². The van der Waals surface area contributed by atoms with E-state index >= 15 is 0 Å². The van der Waals surface area contributed by atoms with Gasteiger partial charge in [-0.25, -0.2) is 0 Å². The number of aromatic nitrogens is 1. The Bertz CT molecular complexity index is 523. The summed E-state index contributed by atoms with van der Waals surface area (Å²) in [5.41, 5.74) is 2.23.